The normalized spacial score (nSPS) is 14.6. The van der Waals surface area contributed by atoms with E-state index in [1.807, 2.05) is 41.1 Å². The fraction of sp³-hybridized carbons (Fsp3) is 0.281. The maximum absolute atomic E-state index is 14.0. The molecule has 2 unspecified atom stereocenters. The number of aliphatic hydroxyl groups excluding tert-OH is 1. The molecule has 0 spiro atoms. The number of hydrogen-bond acceptors (Lipinski definition) is 7. The van der Waals surface area contributed by atoms with Crippen LogP contribution in [0, 0.1) is 0 Å². The summed E-state index contributed by atoms with van der Waals surface area (Å²) in [5.41, 5.74) is 2.48. The number of benzene rings is 3. The summed E-state index contributed by atoms with van der Waals surface area (Å²) in [6.07, 6.45) is 5.49. The van der Waals surface area contributed by atoms with Gasteiger partial charge in [0.2, 0.25) is 0 Å². The SMILES string of the molecule is CC(O)CNC(=O)c1ccccc1S(=O)(=O)Cc1c(OC(Cn2ccnc2)c2ccccc2)ccc2c1CCCC2=O. The summed E-state index contributed by atoms with van der Waals surface area (Å²) in [5, 5.41) is 12.2. The zero-order valence-electron chi connectivity index (χ0n) is 23.3. The van der Waals surface area contributed by atoms with E-state index in [0.717, 1.165) is 5.56 Å². The quantitative estimate of drug-likeness (QED) is 0.268. The van der Waals surface area contributed by atoms with E-state index in [-0.39, 0.29) is 22.8 Å². The van der Waals surface area contributed by atoms with E-state index in [1.165, 1.54) is 19.1 Å². The van der Waals surface area contributed by atoms with Gasteiger partial charge in [-0.1, -0.05) is 42.5 Å². The molecule has 1 aromatic heterocycles. The Hall–Kier alpha value is -4.28. The molecule has 9 nitrogen and oxygen atoms in total. The van der Waals surface area contributed by atoms with Crippen molar-refractivity contribution >= 4 is 21.5 Å². The lowest BCUT2D eigenvalue weighted by molar-refractivity contribution is 0.0920. The van der Waals surface area contributed by atoms with E-state index >= 15 is 0 Å². The number of carbonyl (C=O) groups is 2. The van der Waals surface area contributed by atoms with Crippen LogP contribution in [0.2, 0.25) is 0 Å². The third kappa shape index (κ3) is 6.61. The standard InChI is InChI=1S/C32H33N3O6S/c1-22(36)18-34-32(38)26-10-5-6-13-31(26)42(39,40)20-27-24-11-7-12-28(37)25(24)14-15-29(27)41-30(19-35-17-16-33-21-35)23-8-3-2-4-9-23/h2-6,8-10,13-17,21-22,30,36H,7,11-12,18-20H2,1H3,(H,34,38). The first-order chi connectivity index (χ1) is 20.2. The molecule has 2 N–H and O–H groups in total. The Bertz CT molecular complexity index is 1670. The molecule has 0 saturated heterocycles. The molecular formula is C32H33N3O6S. The molecule has 218 valence electrons. The highest BCUT2D eigenvalue weighted by molar-refractivity contribution is 7.90. The highest BCUT2D eigenvalue weighted by Crippen LogP contribution is 2.37. The number of rotatable bonds is 11. The molecule has 0 saturated carbocycles. The minimum absolute atomic E-state index is 0.0104. The van der Waals surface area contributed by atoms with Crippen molar-refractivity contribution in [1.29, 1.82) is 0 Å². The first-order valence-corrected chi connectivity index (χ1v) is 15.5. The second-order valence-corrected chi connectivity index (χ2v) is 12.4. The number of ketones is 1. The summed E-state index contributed by atoms with van der Waals surface area (Å²) in [4.78, 5) is 29.7. The number of aliphatic hydroxyl groups is 1. The van der Waals surface area contributed by atoms with Gasteiger partial charge in [-0.3, -0.25) is 9.59 Å². The summed E-state index contributed by atoms with van der Waals surface area (Å²) in [6, 6.07) is 19.0. The number of imidazole rings is 1. The van der Waals surface area contributed by atoms with Crippen molar-refractivity contribution in [2.75, 3.05) is 6.54 Å². The fourth-order valence-corrected chi connectivity index (χ4v) is 6.83. The Labute approximate surface area is 245 Å². The van der Waals surface area contributed by atoms with Gasteiger partial charge in [0, 0.05) is 36.5 Å². The predicted octanol–water partition coefficient (Wildman–Crippen LogP) is 4.31. The van der Waals surface area contributed by atoms with Crippen LogP contribution in [0.1, 0.15) is 63.3 Å². The molecule has 0 bridgehead atoms. The zero-order chi connectivity index (χ0) is 29.7. The first kappa shape index (κ1) is 29.2. The summed E-state index contributed by atoms with van der Waals surface area (Å²) in [6.45, 7) is 1.94. The van der Waals surface area contributed by atoms with Crippen molar-refractivity contribution in [2.45, 2.75) is 55.6 Å². The van der Waals surface area contributed by atoms with Crippen LogP contribution in [0.3, 0.4) is 0 Å². The van der Waals surface area contributed by atoms with E-state index in [4.69, 9.17) is 4.74 Å². The Kier molecular flexibility index (Phi) is 8.84. The van der Waals surface area contributed by atoms with Gasteiger partial charge < -0.3 is 19.7 Å². The lowest BCUT2D eigenvalue weighted by atomic mass is 9.87. The molecule has 0 fully saturated rings. The van der Waals surface area contributed by atoms with Crippen LogP contribution in [0.5, 0.6) is 5.75 Å². The first-order valence-electron chi connectivity index (χ1n) is 13.9. The molecular weight excluding hydrogens is 554 g/mol. The molecule has 2 atom stereocenters. The van der Waals surface area contributed by atoms with E-state index in [1.54, 1.807) is 36.8 Å². The summed E-state index contributed by atoms with van der Waals surface area (Å²) < 4.78 is 36.5. The van der Waals surface area contributed by atoms with Crippen LogP contribution in [0.15, 0.2) is 90.3 Å². The minimum Gasteiger partial charge on any atom is -0.484 e. The molecule has 1 aliphatic rings. The number of amides is 1. The van der Waals surface area contributed by atoms with Crippen molar-refractivity contribution in [3.05, 3.63) is 113 Å². The number of nitrogens with one attached hydrogen (secondary N) is 1. The Morgan fingerprint density at radius 3 is 2.57 bits per heavy atom. The molecule has 1 aliphatic carbocycles. The number of hydrogen-bond donors (Lipinski definition) is 2. The average molecular weight is 588 g/mol. The fourth-order valence-electron chi connectivity index (χ4n) is 5.19. The zero-order valence-corrected chi connectivity index (χ0v) is 24.1. The molecule has 42 heavy (non-hydrogen) atoms. The molecule has 3 aromatic carbocycles. The summed E-state index contributed by atoms with van der Waals surface area (Å²) >= 11 is 0. The van der Waals surface area contributed by atoms with Crippen LogP contribution >= 0.6 is 0 Å². The number of fused-ring (bicyclic) bond motifs is 1. The third-order valence-corrected chi connectivity index (χ3v) is 8.95. The molecule has 5 rings (SSSR count). The number of carbonyl (C=O) groups excluding carboxylic acids is 2. The predicted molar refractivity (Wildman–Crippen MR) is 157 cm³/mol. The number of Topliss-reactive ketones (excluding diaryl/α,β-unsaturated/α-hetero) is 1. The largest absolute Gasteiger partial charge is 0.484 e. The van der Waals surface area contributed by atoms with Crippen LogP contribution in [-0.2, 0) is 28.6 Å². The van der Waals surface area contributed by atoms with Crippen LogP contribution in [0.4, 0.5) is 0 Å². The van der Waals surface area contributed by atoms with E-state index in [9.17, 15) is 23.1 Å². The van der Waals surface area contributed by atoms with Gasteiger partial charge in [0.05, 0.1) is 35.2 Å². The van der Waals surface area contributed by atoms with Gasteiger partial charge in [-0.25, -0.2) is 13.4 Å². The van der Waals surface area contributed by atoms with Gasteiger partial charge in [0.15, 0.2) is 15.6 Å². The molecule has 10 heteroatoms. The van der Waals surface area contributed by atoms with Gasteiger partial charge in [-0.15, -0.1) is 0 Å². The maximum Gasteiger partial charge on any atom is 0.252 e. The van der Waals surface area contributed by atoms with Crippen molar-refractivity contribution in [3.8, 4) is 5.75 Å². The Balaban J connectivity index is 1.56. The van der Waals surface area contributed by atoms with E-state index in [0.29, 0.717) is 48.2 Å². The number of sulfone groups is 1. The summed E-state index contributed by atoms with van der Waals surface area (Å²) in [5.74, 6) is -0.706. The number of nitrogens with zero attached hydrogens (tertiary/aromatic N) is 2. The topological polar surface area (TPSA) is 128 Å². The second-order valence-electron chi connectivity index (χ2n) is 10.4. The second kappa shape index (κ2) is 12.7. The van der Waals surface area contributed by atoms with Crippen LogP contribution in [0.25, 0.3) is 0 Å². The van der Waals surface area contributed by atoms with Crippen molar-refractivity contribution in [3.63, 3.8) is 0 Å². The Morgan fingerprint density at radius 1 is 1.07 bits per heavy atom. The van der Waals surface area contributed by atoms with Crippen LogP contribution < -0.4 is 10.1 Å². The van der Waals surface area contributed by atoms with Gasteiger partial charge in [-0.05, 0) is 55.2 Å². The summed E-state index contributed by atoms with van der Waals surface area (Å²) in [7, 11) is -4.08. The molecule has 0 radical (unpaired) electrons. The highest BCUT2D eigenvalue weighted by Gasteiger charge is 2.30. The van der Waals surface area contributed by atoms with Crippen LogP contribution in [-0.4, -0.2) is 47.4 Å². The number of aromatic nitrogens is 2. The minimum atomic E-state index is -4.08. The molecule has 1 amide bonds. The van der Waals surface area contributed by atoms with Crippen molar-refractivity contribution < 1.29 is 27.9 Å². The lowest BCUT2D eigenvalue weighted by Crippen LogP contribution is -2.31. The maximum atomic E-state index is 14.0. The smallest absolute Gasteiger partial charge is 0.252 e. The van der Waals surface area contributed by atoms with Crippen molar-refractivity contribution in [1.82, 2.24) is 14.9 Å². The highest BCUT2D eigenvalue weighted by atomic mass is 32.2. The van der Waals surface area contributed by atoms with Crippen molar-refractivity contribution in [2.24, 2.45) is 0 Å². The van der Waals surface area contributed by atoms with E-state index < -0.39 is 33.7 Å². The number of ether oxygens (including phenoxy) is 1. The molecule has 1 heterocycles. The monoisotopic (exact) mass is 587 g/mol. The van der Waals surface area contributed by atoms with Gasteiger partial charge in [0.25, 0.3) is 5.91 Å². The molecule has 4 aromatic rings. The van der Waals surface area contributed by atoms with Gasteiger partial charge in [0.1, 0.15) is 11.9 Å². The third-order valence-electron chi connectivity index (χ3n) is 7.25. The average Bonchev–Trinajstić information content (AvgIpc) is 3.50. The Morgan fingerprint density at radius 2 is 1.83 bits per heavy atom. The van der Waals surface area contributed by atoms with Gasteiger partial charge in [-0.2, -0.15) is 0 Å². The lowest BCUT2D eigenvalue weighted by Gasteiger charge is -2.26. The van der Waals surface area contributed by atoms with Gasteiger partial charge >= 0.3 is 0 Å². The molecule has 0 aliphatic heterocycles. The van der Waals surface area contributed by atoms with E-state index in [2.05, 4.69) is 10.3 Å².